The molecule has 9 N–H and O–H groups in total. The number of phenolic OH excluding ortho intramolecular Hbond substituents is 2. The van der Waals surface area contributed by atoms with Crippen LogP contribution in [0.1, 0.15) is 18.9 Å². The highest BCUT2D eigenvalue weighted by atomic mass is 16.7. The molecule has 1 aromatic carbocycles. The molecule has 0 saturated carbocycles. The van der Waals surface area contributed by atoms with Crippen LogP contribution in [-0.2, 0) is 25.4 Å². The first kappa shape index (κ1) is 28.0. The molecule has 2 heterocycles. The van der Waals surface area contributed by atoms with Crippen molar-refractivity contribution in [2.45, 2.75) is 87.3 Å². The van der Waals surface area contributed by atoms with Crippen molar-refractivity contribution in [3.8, 4) is 11.5 Å². The lowest BCUT2D eigenvalue weighted by molar-refractivity contribution is -0.362. The second-order valence-electron chi connectivity index (χ2n) is 8.80. The molecule has 35 heavy (non-hydrogen) atoms. The van der Waals surface area contributed by atoms with E-state index in [0.29, 0.717) is 18.4 Å². The second kappa shape index (κ2) is 12.1. The van der Waals surface area contributed by atoms with Gasteiger partial charge < -0.3 is 64.9 Å². The summed E-state index contributed by atoms with van der Waals surface area (Å²) in [6, 6.07) is 4.22. The average Bonchev–Trinajstić information content (AvgIpc) is 2.83. The predicted molar refractivity (Wildman–Crippen MR) is 115 cm³/mol. The summed E-state index contributed by atoms with van der Waals surface area (Å²) in [5.41, 5.74) is 0.574. The fraction of sp³-hybridized carbons (Fsp3) is 0.727. The Morgan fingerprint density at radius 3 is 2.09 bits per heavy atom. The predicted octanol–water partition coefficient (Wildman–Crippen LogP) is -2.94. The molecule has 11 atom stereocenters. The number of benzene rings is 1. The Morgan fingerprint density at radius 2 is 1.46 bits per heavy atom. The first-order valence-corrected chi connectivity index (χ1v) is 11.3. The third kappa shape index (κ3) is 6.39. The number of rotatable bonds is 9. The number of aliphatic hydroxyl groups excluding tert-OH is 7. The third-order valence-corrected chi connectivity index (χ3v) is 6.22. The molecule has 0 bridgehead atoms. The highest BCUT2D eigenvalue weighted by Crippen LogP contribution is 2.30. The topological polar surface area (TPSA) is 219 Å². The van der Waals surface area contributed by atoms with Gasteiger partial charge in [-0.25, -0.2) is 0 Å². The van der Waals surface area contributed by atoms with E-state index in [1.165, 1.54) is 12.1 Å². The Labute approximate surface area is 201 Å². The standard InChI is InChI=1S/C22H34O13/c1-9(2-3-10-4-5-11(25)6-12(10)26)32-21-19(31)17(29)20(14(8-24)34-21)35-22-18(30)16(28)15(27)13(7-23)33-22/h4-6,9,13-31H,2-3,7-8H2,1H3/t9-,13+,14+,15+,16-,17+,18+,19+,20+,21+,22-/m0/s1. The molecular formula is C22H34O13. The van der Waals surface area contributed by atoms with Crippen LogP contribution < -0.4 is 0 Å². The zero-order valence-electron chi connectivity index (χ0n) is 19.1. The molecule has 0 amide bonds. The number of hydrogen-bond donors (Lipinski definition) is 9. The van der Waals surface area contributed by atoms with Crippen LogP contribution in [0.25, 0.3) is 0 Å². The van der Waals surface area contributed by atoms with Crippen molar-refractivity contribution in [1.29, 1.82) is 0 Å². The van der Waals surface area contributed by atoms with Crippen molar-refractivity contribution in [3.05, 3.63) is 23.8 Å². The molecule has 2 aliphatic rings. The zero-order valence-corrected chi connectivity index (χ0v) is 19.1. The van der Waals surface area contributed by atoms with Gasteiger partial charge in [-0.3, -0.25) is 0 Å². The minimum absolute atomic E-state index is 0.0706. The van der Waals surface area contributed by atoms with Crippen LogP contribution in [0, 0.1) is 0 Å². The van der Waals surface area contributed by atoms with E-state index >= 15 is 0 Å². The number of ether oxygens (including phenoxy) is 4. The maximum atomic E-state index is 10.6. The number of phenols is 2. The van der Waals surface area contributed by atoms with Crippen molar-refractivity contribution in [1.82, 2.24) is 0 Å². The number of aryl methyl sites for hydroxylation is 1. The maximum absolute atomic E-state index is 10.6. The number of aromatic hydroxyl groups is 2. The van der Waals surface area contributed by atoms with E-state index < -0.39 is 80.7 Å². The van der Waals surface area contributed by atoms with Crippen LogP contribution in [0.5, 0.6) is 11.5 Å². The smallest absolute Gasteiger partial charge is 0.187 e. The van der Waals surface area contributed by atoms with Crippen LogP contribution in [0.4, 0.5) is 0 Å². The van der Waals surface area contributed by atoms with Gasteiger partial charge in [-0.1, -0.05) is 6.07 Å². The summed E-state index contributed by atoms with van der Waals surface area (Å²) in [6.45, 7) is 0.336. The molecule has 3 rings (SSSR count). The minimum Gasteiger partial charge on any atom is -0.508 e. The first-order valence-electron chi connectivity index (χ1n) is 11.3. The number of hydrogen-bond acceptors (Lipinski definition) is 13. The van der Waals surface area contributed by atoms with E-state index in [1.807, 2.05) is 0 Å². The van der Waals surface area contributed by atoms with Gasteiger partial charge in [-0.2, -0.15) is 0 Å². The highest BCUT2D eigenvalue weighted by molar-refractivity contribution is 5.38. The molecule has 0 radical (unpaired) electrons. The van der Waals surface area contributed by atoms with Gasteiger partial charge in [0, 0.05) is 6.07 Å². The zero-order chi connectivity index (χ0) is 25.9. The molecule has 0 unspecified atom stereocenters. The van der Waals surface area contributed by atoms with Crippen LogP contribution in [0.15, 0.2) is 18.2 Å². The van der Waals surface area contributed by atoms with Crippen LogP contribution in [0.3, 0.4) is 0 Å². The Kier molecular flexibility index (Phi) is 9.65. The van der Waals surface area contributed by atoms with Gasteiger partial charge in [0.15, 0.2) is 12.6 Å². The van der Waals surface area contributed by atoms with Gasteiger partial charge in [0.25, 0.3) is 0 Å². The first-order chi connectivity index (χ1) is 16.6. The summed E-state index contributed by atoms with van der Waals surface area (Å²) in [7, 11) is 0. The fourth-order valence-electron chi connectivity index (χ4n) is 4.09. The summed E-state index contributed by atoms with van der Waals surface area (Å²) in [5, 5.41) is 89.6. The van der Waals surface area contributed by atoms with Crippen molar-refractivity contribution in [2.75, 3.05) is 13.2 Å². The summed E-state index contributed by atoms with van der Waals surface area (Å²) in [4.78, 5) is 0. The molecule has 2 aliphatic heterocycles. The second-order valence-corrected chi connectivity index (χ2v) is 8.80. The van der Waals surface area contributed by atoms with Crippen LogP contribution in [0.2, 0.25) is 0 Å². The van der Waals surface area contributed by atoms with E-state index in [2.05, 4.69) is 0 Å². The van der Waals surface area contributed by atoms with Crippen molar-refractivity contribution in [3.63, 3.8) is 0 Å². The monoisotopic (exact) mass is 506 g/mol. The quantitative estimate of drug-likeness (QED) is 0.164. The average molecular weight is 507 g/mol. The third-order valence-electron chi connectivity index (χ3n) is 6.22. The van der Waals surface area contributed by atoms with Crippen molar-refractivity contribution < 1.29 is 64.9 Å². The molecule has 0 spiro atoms. The maximum Gasteiger partial charge on any atom is 0.187 e. The van der Waals surface area contributed by atoms with E-state index in [0.717, 1.165) is 0 Å². The molecule has 2 fully saturated rings. The van der Waals surface area contributed by atoms with Crippen LogP contribution >= 0.6 is 0 Å². The summed E-state index contributed by atoms with van der Waals surface area (Å²) in [6.07, 6.45) is -14.9. The molecule has 200 valence electrons. The molecule has 0 aromatic heterocycles. The van der Waals surface area contributed by atoms with E-state index in [1.54, 1.807) is 13.0 Å². The Hall–Kier alpha value is -1.62. The number of aliphatic hydroxyl groups is 7. The molecule has 13 nitrogen and oxygen atoms in total. The van der Waals surface area contributed by atoms with Gasteiger partial charge in [0.05, 0.1) is 19.3 Å². The van der Waals surface area contributed by atoms with E-state index in [-0.39, 0.29) is 11.5 Å². The SMILES string of the molecule is C[C@@H](CCc1ccc(O)cc1O)O[C@@H]1O[C@H](CO)[C@@H](O[C@@H]2O[C@H](CO)[C@@H](O)[C@H](O)[C@H]2O)[C@H](O)[C@H]1O. The summed E-state index contributed by atoms with van der Waals surface area (Å²) >= 11 is 0. The Morgan fingerprint density at radius 1 is 0.829 bits per heavy atom. The normalized spacial score (nSPS) is 38.9. The van der Waals surface area contributed by atoms with Crippen molar-refractivity contribution >= 4 is 0 Å². The fourth-order valence-corrected chi connectivity index (χ4v) is 4.09. The van der Waals surface area contributed by atoms with E-state index in [9.17, 15) is 46.0 Å². The minimum atomic E-state index is -1.75. The van der Waals surface area contributed by atoms with Crippen molar-refractivity contribution in [2.24, 2.45) is 0 Å². The summed E-state index contributed by atoms with van der Waals surface area (Å²) in [5.74, 6) is -0.145. The molecule has 0 aliphatic carbocycles. The van der Waals surface area contributed by atoms with Gasteiger partial charge in [0.1, 0.15) is 60.3 Å². The van der Waals surface area contributed by atoms with Gasteiger partial charge in [-0.05, 0) is 31.4 Å². The Bertz CT molecular complexity index is 806. The van der Waals surface area contributed by atoms with Gasteiger partial charge >= 0.3 is 0 Å². The van der Waals surface area contributed by atoms with Gasteiger partial charge in [-0.15, -0.1) is 0 Å². The van der Waals surface area contributed by atoms with E-state index in [4.69, 9.17) is 18.9 Å². The largest absolute Gasteiger partial charge is 0.508 e. The molecular weight excluding hydrogens is 472 g/mol. The lowest BCUT2D eigenvalue weighted by Crippen LogP contribution is -2.64. The molecule has 2 saturated heterocycles. The van der Waals surface area contributed by atoms with Crippen LogP contribution in [-0.4, -0.2) is 127 Å². The lowest BCUT2D eigenvalue weighted by atomic mass is 9.97. The highest BCUT2D eigenvalue weighted by Gasteiger charge is 2.50. The Balaban J connectivity index is 1.60. The molecule has 13 heteroatoms. The lowest BCUT2D eigenvalue weighted by Gasteiger charge is -2.46. The molecule has 1 aromatic rings. The van der Waals surface area contributed by atoms with Gasteiger partial charge in [0.2, 0.25) is 0 Å². The summed E-state index contributed by atoms with van der Waals surface area (Å²) < 4.78 is 22.1.